The van der Waals surface area contributed by atoms with Crippen LogP contribution in [0.1, 0.15) is 40.1 Å². The third-order valence-corrected chi connectivity index (χ3v) is 6.30. The summed E-state index contributed by atoms with van der Waals surface area (Å²) in [5.74, 6) is -3.39. The molecule has 4 aromatic rings. The van der Waals surface area contributed by atoms with Crippen LogP contribution in [0.4, 0.5) is 0 Å². The summed E-state index contributed by atoms with van der Waals surface area (Å²) < 4.78 is 6.03. The van der Waals surface area contributed by atoms with Crippen molar-refractivity contribution in [1.29, 1.82) is 0 Å². The van der Waals surface area contributed by atoms with Gasteiger partial charge in [-0.2, -0.15) is 0 Å². The topological polar surface area (TPSA) is 138 Å². The fraction of sp³-hybridized carbons (Fsp3) is 0.0476. The molecule has 0 fully saturated rings. The van der Waals surface area contributed by atoms with Gasteiger partial charge in [0.25, 0.3) is 0 Å². The van der Waals surface area contributed by atoms with Crippen molar-refractivity contribution in [3.05, 3.63) is 69.4 Å². The van der Waals surface area contributed by atoms with Crippen LogP contribution >= 0.6 is 22.7 Å². The van der Waals surface area contributed by atoms with Crippen molar-refractivity contribution in [2.24, 2.45) is 0 Å². The Bertz CT molecular complexity index is 1320. The SMILES string of the molecule is COC(=O)c1ccc2cc(C(=O)O)sc2c1.O=C(O)c1ccc2cc(C(=O)O)sc2c1. The molecule has 2 heterocycles. The first-order valence-corrected chi connectivity index (χ1v) is 10.2. The number of hydrogen-bond donors (Lipinski definition) is 3. The summed E-state index contributed by atoms with van der Waals surface area (Å²) in [7, 11) is 1.31. The molecule has 2 aromatic carbocycles. The largest absolute Gasteiger partial charge is 0.478 e. The number of carbonyl (C=O) groups excluding carboxylic acids is 1. The van der Waals surface area contributed by atoms with Crippen molar-refractivity contribution in [1.82, 2.24) is 0 Å². The Hall–Kier alpha value is -3.76. The van der Waals surface area contributed by atoms with Gasteiger partial charge in [0.05, 0.1) is 18.2 Å². The van der Waals surface area contributed by atoms with Gasteiger partial charge >= 0.3 is 23.9 Å². The molecule has 4 rings (SSSR count). The molecule has 0 aliphatic heterocycles. The van der Waals surface area contributed by atoms with E-state index in [0.717, 1.165) is 38.1 Å². The highest BCUT2D eigenvalue weighted by molar-refractivity contribution is 7.21. The van der Waals surface area contributed by atoms with E-state index in [0.29, 0.717) is 10.3 Å². The van der Waals surface area contributed by atoms with E-state index < -0.39 is 23.9 Å². The van der Waals surface area contributed by atoms with Crippen LogP contribution in [0.5, 0.6) is 0 Å². The molecule has 0 bridgehead atoms. The highest BCUT2D eigenvalue weighted by Crippen LogP contribution is 2.27. The number of esters is 1. The van der Waals surface area contributed by atoms with Gasteiger partial charge in [-0.25, -0.2) is 19.2 Å². The molecule has 2 aromatic heterocycles. The Morgan fingerprint density at radius 3 is 1.55 bits per heavy atom. The van der Waals surface area contributed by atoms with Gasteiger partial charge in [0, 0.05) is 9.40 Å². The zero-order valence-electron chi connectivity index (χ0n) is 15.8. The van der Waals surface area contributed by atoms with Crippen LogP contribution in [-0.4, -0.2) is 46.3 Å². The third-order valence-electron chi connectivity index (χ3n) is 4.13. The molecule has 0 saturated heterocycles. The average molecular weight is 458 g/mol. The first-order valence-electron chi connectivity index (χ1n) is 8.55. The van der Waals surface area contributed by atoms with Crippen molar-refractivity contribution in [3.63, 3.8) is 0 Å². The van der Waals surface area contributed by atoms with Gasteiger partial charge in [-0.05, 0) is 47.2 Å². The molecule has 8 nitrogen and oxygen atoms in total. The third kappa shape index (κ3) is 4.87. The molecule has 0 spiro atoms. The summed E-state index contributed by atoms with van der Waals surface area (Å²) in [6, 6.07) is 12.6. The quantitative estimate of drug-likeness (QED) is 0.375. The minimum absolute atomic E-state index is 0.168. The maximum atomic E-state index is 11.3. The molecular formula is C21H14O8S2. The number of fused-ring (bicyclic) bond motifs is 2. The molecule has 0 amide bonds. The summed E-state index contributed by atoms with van der Waals surface area (Å²) in [6.07, 6.45) is 0. The maximum Gasteiger partial charge on any atom is 0.345 e. The lowest BCUT2D eigenvalue weighted by molar-refractivity contribution is 0.0598. The van der Waals surface area contributed by atoms with Crippen molar-refractivity contribution in [2.45, 2.75) is 0 Å². The van der Waals surface area contributed by atoms with Gasteiger partial charge in [0.1, 0.15) is 9.75 Å². The molecule has 0 unspecified atom stereocenters. The highest BCUT2D eigenvalue weighted by Gasteiger charge is 2.12. The number of aromatic carboxylic acids is 3. The van der Waals surface area contributed by atoms with Crippen LogP contribution in [-0.2, 0) is 4.74 Å². The van der Waals surface area contributed by atoms with E-state index >= 15 is 0 Å². The fourth-order valence-corrected chi connectivity index (χ4v) is 4.53. The monoisotopic (exact) mass is 458 g/mol. The Morgan fingerprint density at radius 2 is 1.13 bits per heavy atom. The van der Waals surface area contributed by atoms with Gasteiger partial charge < -0.3 is 20.1 Å². The van der Waals surface area contributed by atoms with Gasteiger partial charge in [0.2, 0.25) is 0 Å². The van der Waals surface area contributed by atoms with Crippen LogP contribution in [0.25, 0.3) is 20.2 Å². The molecule has 0 radical (unpaired) electrons. The highest BCUT2D eigenvalue weighted by atomic mass is 32.1. The molecular weight excluding hydrogens is 444 g/mol. The second kappa shape index (κ2) is 8.94. The molecule has 10 heteroatoms. The van der Waals surface area contributed by atoms with E-state index in [1.54, 1.807) is 30.3 Å². The standard InChI is InChI=1S/C11H8O4S.C10H6O4S/c1-15-11(14)7-3-2-6-4-9(10(12)13)16-8(6)5-7;11-9(12)6-2-1-5-3-8(10(13)14)15-7(5)4-6/h2-5H,1H3,(H,12,13);1-4H,(H,11,12)(H,13,14). The first kappa shape index (κ1) is 21.9. The molecule has 0 atom stereocenters. The number of rotatable bonds is 4. The summed E-state index contributed by atoms with van der Waals surface area (Å²) in [5.41, 5.74) is 0.593. The number of carboxylic acids is 3. The van der Waals surface area contributed by atoms with Crippen molar-refractivity contribution >= 4 is 66.7 Å². The molecule has 0 aliphatic rings. The Balaban J connectivity index is 0.000000176. The van der Waals surface area contributed by atoms with Crippen LogP contribution in [0.3, 0.4) is 0 Å². The lowest BCUT2D eigenvalue weighted by atomic mass is 10.2. The van der Waals surface area contributed by atoms with E-state index in [1.807, 2.05) is 0 Å². The summed E-state index contributed by atoms with van der Waals surface area (Å²) in [5, 5.41) is 27.9. The summed E-state index contributed by atoms with van der Waals surface area (Å²) in [4.78, 5) is 43.9. The number of carboxylic acid groups (broad SMARTS) is 3. The van der Waals surface area contributed by atoms with E-state index in [1.165, 1.54) is 25.3 Å². The van der Waals surface area contributed by atoms with E-state index in [-0.39, 0.29) is 15.3 Å². The van der Waals surface area contributed by atoms with Crippen LogP contribution in [0, 0.1) is 0 Å². The first-order chi connectivity index (χ1) is 14.7. The zero-order valence-corrected chi connectivity index (χ0v) is 17.5. The van der Waals surface area contributed by atoms with E-state index in [9.17, 15) is 19.2 Å². The second-order valence-corrected chi connectivity index (χ2v) is 8.30. The van der Waals surface area contributed by atoms with Gasteiger partial charge in [0.15, 0.2) is 0 Å². The lowest BCUT2D eigenvalue weighted by Crippen LogP contribution is -1.99. The molecule has 31 heavy (non-hydrogen) atoms. The lowest BCUT2D eigenvalue weighted by Gasteiger charge is -1.97. The minimum Gasteiger partial charge on any atom is -0.478 e. The summed E-state index contributed by atoms with van der Waals surface area (Å²) >= 11 is 2.21. The maximum absolute atomic E-state index is 11.3. The smallest absolute Gasteiger partial charge is 0.345 e. The van der Waals surface area contributed by atoms with Crippen molar-refractivity contribution in [3.8, 4) is 0 Å². The number of methoxy groups -OCH3 is 1. The molecule has 0 aliphatic carbocycles. The molecule has 3 N–H and O–H groups in total. The van der Waals surface area contributed by atoms with E-state index in [2.05, 4.69) is 4.74 Å². The Kier molecular flexibility index (Phi) is 6.33. The predicted molar refractivity (Wildman–Crippen MR) is 116 cm³/mol. The van der Waals surface area contributed by atoms with Gasteiger partial charge in [-0.15, -0.1) is 22.7 Å². The Labute approximate surface area is 182 Å². The molecule has 0 saturated carbocycles. The van der Waals surface area contributed by atoms with Crippen LogP contribution in [0.2, 0.25) is 0 Å². The number of carbonyl (C=O) groups is 4. The second-order valence-electron chi connectivity index (χ2n) is 6.13. The van der Waals surface area contributed by atoms with Gasteiger partial charge in [-0.1, -0.05) is 12.1 Å². The normalized spacial score (nSPS) is 10.4. The molecule has 158 valence electrons. The zero-order chi connectivity index (χ0) is 22.7. The number of hydrogen-bond acceptors (Lipinski definition) is 7. The number of ether oxygens (including phenoxy) is 1. The van der Waals surface area contributed by atoms with Crippen LogP contribution < -0.4 is 0 Å². The van der Waals surface area contributed by atoms with Crippen LogP contribution in [0.15, 0.2) is 48.5 Å². The number of benzene rings is 2. The minimum atomic E-state index is -1.01. The summed E-state index contributed by atoms with van der Waals surface area (Å²) in [6.45, 7) is 0. The average Bonchev–Trinajstić information content (AvgIpc) is 3.36. The fourth-order valence-electron chi connectivity index (χ4n) is 2.65. The van der Waals surface area contributed by atoms with Crippen molar-refractivity contribution in [2.75, 3.05) is 7.11 Å². The number of thiophene rings is 2. The van der Waals surface area contributed by atoms with Crippen molar-refractivity contribution < 1.29 is 39.2 Å². The van der Waals surface area contributed by atoms with E-state index in [4.69, 9.17) is 15.3 Å². The Morgan fingerprint density at radius 1 is 0.677 bits per heavy atom. The van der Waals surface area contributed by atoms with Gasteiger partial charge in [-0.3, -0.25) is 0 Å². The predicted octanol–water partition coefficient (Wildman–Crippen LogP) is 4.68.